The fraction of sp³-hybridized carbons (Fsp3) is 0.286. The highest BCUT2D eigenvalue weighted by Crippen LogP contribution is 2.20. The molecule has 1 unspecified atom stereocenters. The number of unbranched alkanes of at least 4 members (excludes halogenated alkanes) is 1. The van der Waals surface area contributed by atoms with Gasteiger partial charge in [0.25, 0.3) is 0 Å². The number of pyridine rings is 1. The molecule has 0 radical (unpaired) electrons. The average Bonchev–Trinajstić information content (AvgIpc) is 2.60. The van der Waals surface area contributed by atoms with Crippen molar-refractivity contribution in [3.63, 3.8) is 0 Å². The van der Waals surface area contributed by atoms with E-state index in [-0.39, 0.29) is 0 Å². The molecule has 2 nitrogen and oxygen atoms in total. The van der Waals surface area contributed by atoms with Gasteiger partial charge in [-0.1, -0.05) is 49.1 Å². The summed E-state index contributed by atoms with van der Waals surface area (Å²) in [6.07, 6.45) is 9.31. The maximum atomic E-state index is 12.7. The number of allylic oxidation sites excluding steroid dienone is 1. The number of alkyl halides is 1. The topological polar surface area (TPSA) is 22.1 Å². The predicted octanol–water partition coefficient (Wildman–Crippen LogP) is 5.85. The van der Waals surface area contributed by atoms with Crippen LogP contribution in [0.3, 0.4) is 0 Å². The summed E-state index contributed by atoms with van der Waals surface area (Å²) in [5, 5.41) is 0. The molecule has 0 spiro atoms. The number of rotatable bonds is 9. The third-order valence-electron chi connectivity index (χ3n) is 3.59. The first-order valence-corrected chi connectivity index (χ1v) is 8.30. The van der Waals surface area contributed by atoms with Crippen LogP contribution in [0.1, 0.15) is 31.7 Å². The van der Waals surface area contributed by atoms with Crippen molar-refractivity contribution < 1.29 is 9.13 Å². The van der Waals surface area contributed by atoms with Gasteiger partial charge in [0.15, 0.2) is 0 Å². The highest BCUT2D eigenvalue weighted by Gasteiger charge is 2.00. The lowest BCUT2D eigenvalue weighted by Crippen LogP contribution is -1.93. The first-order chi connectivity index (χ1) is 11.7. The van der Waals surface area contributed by atoms with Crippen molar-refractivity contribution in [1.82, 2.24) is 4.98 Å². The second-order valence-corrected chi connectivity index (χ2v) is 5.71. The fourth-order valence-electron chi connectivity index (χ4n) is 2.29. The van der Waals surface area contributed by atoms with E-state index in [0.29, 0.717) is 13.0 Å². The van der Waals surface area contributed by atoms with E-state index in [2.05, 4.69) is 48.0 Å². The van der Waals surface area contributed by atoms with Gasteiger partial charge < -0.3 is 4.74 Å². The van der Waals surface area contributed by atoms with Crippen molar-refractivity contribution in [2.24, 2.45) is 0 Å². The van der Waals surface area contributed by atoms with E-state index in [1.165, 1.54) is 0 Å². The lowest BCUT2D eigenvalue weighted by atomic mass is 10.1. The Hall–Kier alpha value is -2.42. The van der Waals surface area contributed by atoms with Crippen LogP contribution in [0.4, 0.5) is 4.39 Å². The first kappa shape index (κ1) is 17.9. The van der Waals surface area contributed by atoms with Crippen molar-refractivity contribution in [3.05, 3.63) is 66.9 Å². The number of benzene rings is 1. The van der Waals surface area contributed by atoms with E-state index in [9.17, 15) is 4.39 Å². The van der Waals surface area contributed by atoms with Gasteiger partial charge in [0, 0.05) is 5.56 Å². The van der Waals surface area contributed by atoms with Gasteiger partial charge in [-0.05, 0) is 43.9 Å². The number of aromatic nitrogens is 1. The molecule has 0 aliphatic rings. The maximum Gasteiger partial charge on any atom is 0.138 e. The summed E-state index contributed by atoms with van der Waals surface area (Å²) in [5.74, 6) is 0.737. The van der Waals surface area contributed by atoms with Crippen molar-refractivity contribution in [1.29, 1.82) is 0 Å². The van der Waals surface area contributed by atoms with E-state index < -0.39 is 6.17 Å². The molecule has 24 heavy (non-hydrogen) atoms. The van der Waals surface area contributed by atoms with Gasteiger partial charge in [-0.15, -0.1) is 0 Å². The Balaban J connectivity index is 1.91. The maximum absolute atomic E-state index is 12.7. The van der Waals surface area contributed by atoms with Gasteiger partial charge in [0.05, 0.1) is 18.1 Å². The van der Waals surface area contributed by atoms with E-state index in [4.69, 9.17) is 4.74 Å². The van der Waals surface area contributed by atoms with Gasteiger partial charge in [-0.2, -0.15) is 0 Å². The molecule has 0 N–H and O–H groups in total. The molecule has 0 saturated carbocycles. The number of halogens is 1. The minimum Gasteiger partial charge on any atom is -0.488 e. The van der Waals surface area contributed by atoms with Crippen LogP contribution in [0.25, 0.3) is 17.3 Å². The van der Waals surface area contributed by atoms with Crippen molar-refractivity contribution in [2.45, 2.75) is 32.4 Å². The van der Waals surface area contributed by atoms with E-state index >= 15 is 0 Å². The van der Waals surface area contributed by atoms with Gasteiger partial charge in [-0.3, -0.25) is 4.98 Å². The number of ether oxygens (including phenoxy) is 1. The zero-order valence-electron chi connectivity index (χ0n) is 14.1. The SMILES string of the molecule is C=CCOc1ccc(-c2ccc(C=CCCCC(C)F)cc2)nc1. The Morgan fingerprint density at radius 2 is 2.00 bits per heavy atom. The zero-order valence-corrected chi connectivity index (χ0v) is 14.1. The van der Waals surface area contributed by atoms with Crippen LogP contribution < -0.4 is 4.74 Å². The van der Waals surface area contributed by atoms with E-state index in [0.717, 1.165) is 35.4 Å². The number of nitrogens with zero attached hydrogens (tertiary/aromatic N) is 1. The Morgan fingerprint density at radius 3 is 2.62 bits per heavy atom. The Morgan fingerprint density at radius 1 is 1.21 bits per heavy atom. The fourth-order valence-corrected chi connectivity index (χ4v) is 2.29. The monoisotopic (exact) mass is 325 g/mol. The van der Waals surface area contributed by atoms with Gasteiger partial charge in [0.2, 0.25) is 0 Å². The van der Waals surface area contributed by atoms with Crippen LogP contribution in [0, 0.1) is 0 Å². The van der Waals surface area contributed by atoms with Crippen LogP contribution in [0.15, 0.2) is 61.3 Å². The van der Waals surface area contributed by atoms with Gasteiger partial charge in [0.1, 0.15) is 12.4 Å². The number of hydrogen-bond acceptors (Lipinski definition) is 2. The predicted molar refractivity (Wildman–Crippen MR) is 98.8 cm³/mol. The Labute approximate surface area is 143 Å². The van der Waals surface area contributed by atoms with Crippen LogP contribution in [0.5, 0.6) is 5.75 Å². The Bertz CT molecular complexity index is 645. The molecule has 2 rings (SSSR count). The molecule has 126 valence electrons. The van der Waals surface area contributed by atoms with Crippen LogP contribution in [-0.4, -0.2) is 17.8 Å². The zero-order chi connectivity index (χ0) is 17.2. The third-order valence-corrected chi connectivity index (χ3v) is 3.59. The van der Waals surface area contributed by atoms with Gasteiger partial charge in [-0.25, -0.2) is 4.39 Å². The molecular formula is C21H24FNO. The lowest BCUT2D eigenvalue weighted by molar-refractivity contribution is 0.335. The first-order valence-electron chi connectivity index (χ1n) is 8.30. The third kappa shape index (κ3) is 5.99. The van der Waals surface area contributed by atoms with Crippen molar-refractivity contribution in [2.75, 3.05) is 6.61 Å². The summed E-state index contributed by atoms with van der Waals surface area (Å²) < 4.78 is 18.1. The minimum absolute atomic E-state index is 0.478. The Kier molecular flexibility index (Phi) is 7.21. The van der Waals surface area contributed by atoms with E-state index in [1.807, 2.05) is 12.1 Å². The highest BCUT2D eigenvalue weighted by molar-refractivity contribution is 5.62. The number of hydrogen-bond donors (Lipinski definition) is 0. The van der Waals surface area contributed by atoms with Crippen molar-refractivity contribution in [3.8, 4) is 17.0 Å². The summed E-state index contributed by atoms with van der Waals surface area (Å²) >= 11 is 0. The summed E-state index contributed by atoms with van der Waals surface area (Å²) in [6.45, 7) is 5.70. The summed E-state index contributed by atoms with van der Waals surface area (Å²) in [5.41, 5.74) is 3.11. The normalized spacial score (nSPS) is 12.2. The summed E-state index contributed by atoms with van der Waals surface area (Å²) in [4.78, 5) is 4.42. The smallest absolute Gasteiger partial charge is 0.138 e. The molecule has 1 aromatic heterocycles. The molecule has 2 aromatic rings. The molecule has 3 heteroatoms. The molecule has 1 heterocycles. The second-order valence-electron chi connectivity index (χ2n) is 5.71. The summed E-state index contributed by atoms with van der Waals surface area (Å²) in [7, 11) is 0. The summed E-state index contributed by atoms with van der Waals surface area (Å²) in [6, 6.07) is 12.1. The minimum atomic E-state index is -0.709. The standard InChI is InChI=1S/C21H24FNO/c1-3-15-24-20-13-14-21(23-16-20)19-11-9-18(10-12-19)8-6-4-5-7-17(2)22/h3,6,8-14,16-17H,1,4-5,7,15H2,2H3. The molecule has 0 amide bonds. The van der Waals surface area contributed by atoms with Crippen LogP contribution in [-0.2, 0) is 0 Å². The highest BCUT2D eigenvalue weighted by atomic mass is 19.1. The lowest BCUT2D eigenvalue weighted by Gasteiger charge is -2.05. The molecule has 0 fully saturated rings. The molecular weight excluding hydrogens is 301 g/mol. The second kappa shape index (κ2) is 9.66. The van der Waals surface area contributed by atoms with Crippen molar-refractivity contribution >= 4 is 6.08 Å². The van der Waals surface area contributed by atoms with Crippen LogP contribution in [0.2, 0.25) is 0 Å². The molecule has 0 aliphatic heterocycles. The van der Waals surface area contributed by atoms with E-state index in [1.54, 1.807) is 19.2 Å². The average molecular weight is 325 g/mol. The largest absolute Gasteiger partial charge is 0.488 e. The molecule has 0 bridgehead atoms. The molecule has 1 atom stereocenters. The quantitative estimate of drug-likeness (QED) is 0.426. The van der Waals surface area contributed by atoms with Crippen LogP contribution >= 0.6 is 0 Å². The molecule has 0 saturated heterocycles. The molecule has 1 aromatic carbocycles. The van der Waals surface area contributed by atoms with Gasteiger partial charge >= 0.3 is 0 Å². The molecule has 0 aliphatic carbocycles.